The highest BCUT2D eigenvalue weighted by molar-refractivity contribution is 5.89. The molecule has 3 fully saturated rings. The van der Waals surface area contributed by atoms with E-state index in [4.69, 9.17) is 4.74 Å². The molecule has 1 spiro atoms. The molecule has 1 aromatic heterocycles. The van der Waals surface area contributed by atoms with Crippen molar-refractivity contribution in [2.45, 2.75) is 24.9 Å². The molecule has 2 aromatic rings. The largest absolute Gasteiger partial charge is 0.457 e. The minimum absolute atomic E-state index is 0.0720. The quantitative estimate of drug-likeness (QED) is 0.872. The number of para-hydroxylation sites is 1. The second-order valence-corrected chi connectivity index (χ2v) is 7.03. The Bertz CT molecular complexity index is 799. The Balaban J connectivity index is 1.38. The van der Waals surface area contributed by atoms with Crippen LogP contribution in [0.15, 0.2) is 35.5 Å². The fourth-order valence-electron chi connectivity index (χ4n) is 4.34. The molecule has 6 rings (SSSR count). The van der Waals surface area contributed by atoms with E-state index in [-0.39, 0.29) is 5.60 Å². The molecule has 1 N–H and O–H groups in total. The number of nitrogens with one attached hydrogen (secondary N) is 1. The van der Waals surface area contributed by atoms with E-state index < -0.39 is 0 Å². The second kappa shape index (κ2) is 5.41. The van der Waals surface area contributed by atoms with E-state index >= 15 is 0 Å². The molecule has 1 unspecified atom stereocenters. The summed E-state index contributed by atoms with van der Waals surface area (Å²) in [5, 5.41) is 4.22. The first-order valence-electron chi connectivity index (χ1n) is 8.75. The maximum absolute atomic E-state index is 6.38. The van der Waals surface area contributed by atoms with Gasteiger partial charge in [-0.3, -0.25) is 10.2 Å². The first-order chi connectivity index (χ1) is 11.8. The monoisotopic (exact) mass is 323 g/mol. The van der Waals surface area contributed by atoms with Crippen molar-refractivity contribution >= 4 is 22.9 Å². The number of benzene rings is 1. The number of rotatable bonds is 1. The molecule has 0 aliphatic carbocycles. The van der Waals surface area contributed by atoms with E-state index in [0.717, 1.165) is 30.4 Å². The zero-order valence-electron chi connectivity index (χ0n) is 13.6. The Morgan fingerprint density at radius 2 is 2.08 bits per heavy atom. The van der Waals surface area contributed by atoms with Crippen molar-refractivity contribution in [2.24, 2.45) is 10.9 Å². The molecule has 0 amide bonds. The molecular weight excluding hydrogens is 302 g/mol. The highest BCUT2D eigenvalue weighted by atomic mass is 16.5. The lowest BCUT2D eigenvalue weighted by atomic mass is 9.73. The van der Waals surface area contributed by atoms with Crippen LogP contribution in [0.25, 0.3) is 10.9 Å². The zero-order valence-corrected chi connectivity index (χ0v) is 13.6. The van der Waals surface area contributed by atoms with Crippen LogP contribution in [0.2, 0.25) is 0 Å². The molecule has 6 heteroatoms. The van der Waals surface area contributed by atoms with Crippen molar-refractivity contribution in [1.29, 1.82) is 0 Å². The zero-order chi connectivity index (χ0) is 16.0. The standard InChI is InChI=1S/C18H21N5O/c1-2-4-15-13(3-1)11-20-16(21-15)22-17-19-8-7-18(24-17)12-23-9-5-14(18)6-10-23/h1-4,11,14H,5-10,12H2,(H,19,20,21,22). The minimum Gasteiger partial charge on any atom is -0.457 e. The normalized spacial score (nSPS) is 31.8. The Hall–Kier alpha value is -2.21. The summed E-state index contributed by atoms with van der Waals surface area (Å²) in [4.78, 5) is 16.0. The van der Waals surface area contributed by atoms with Crippen LogP contribution >= 0.6 is 0 Å². The van der Waals surface area contributed by atoms with Gasteiger partial charge >= 0.3 is 0 Å². The van der Waals surface area contributed by atoms with Gasteiger partial charge in [-0.1, -0.05) is 18.2 Å². The summed E-state index contributed by atoms with van der Waals surface area (Å²) < 4.78 is 6.38. The van der Waals surface area contributed by atoms with Crippen molar-refractivity contribution < 1.29 is 4.74 Å². The van der Waals surface area contributed by atoms with Gasteiger partial charge in [0.2, 0.25) is 5.95 Å². The molecule has 6 nitrogen and oxygen atoms in total. The van der Waals surface area contributed by atoms with Gasteiger partial charge in [0, 0.05) is 37.0 Å². The SMILES string of the molecule is c1ccc2nc(NC3=NCCC4(CN5CCC4CC5)O3)ncc2c1. The van der Waals surface area contributed by atoms with Gasteiger partial charge in [0.25, 0.3) is 6.02 Å². The van der Waals surface area contributed by atoms with Crippen LogP contribution < -0.4 is 5.32 Å². The van der Waals surface area contributed by atoms with Gasteiger partial charge in [0.05, 0.1) is 5.52 Å². The summed E-state index contributed by atoms with van der Waals surface area (Å²) in [6.07, 6.45) is 5.32. The number of amidine groups is 1. The molecule has 4 aliphatic rings. The average molecular weight is 323 g/mol. The molecule has 0 radical (unpaired) electrons. The van der Waals surface area contributed by atoms with Crippen molar-refractivity contribution in [2.75, 3.05) is 31.5 Å². The summed E-state index contributed by atoms with van der Waals surface area (Å²) >= 11 is 0. The fraction of sp³-hybridized carbons (Fsp3) is 0.500. The highest BCUT2D eigenvalue weighted by Crippen LogP contribution is 2.41. The molecule has 1 aromatic carbocycles. The fourth-order valence-corrected chi connectivity index (χ4v) is 4.34. The van der Waals surface area contributed by atoms with Gasteiger partial charge < -0.3 is 4.74 Å². The van der Waals surface area contributed by atoms with Gasteiger partial charge in [0.1, 0.15) is 5.60 Å². The van der Waals surface area contributed by atoms with Gasteiger partial charge in [-0.05, 0) is 32.0 Å². The molecule has 124 valence electrons. The van der Waals surface area contributed by atoms with Crippen LogP contribution in [0, 0.1) is 5.92 Å². The average Bonchev–Trinajstić information content (AvgIpc) is 2.62. The van der Waals surface area contributed by atoms with Gasteiger partial charge in [-0.2, -0.15) is 0 Å². The molecule has 5 heterocycles. The van der Waals surface area contributed by atoms with Gasteiger partial charge in [-0.15, -0.1) is 0 Å². The number of fused-ring (bicyclic) bond motifs is 3. The Morgan fingerprint density at radius 3 is 2.92 bits per heavy atom. The van der Waals surface area contributed by atoms with Crippen LogP contribution in [-0.4, -0.2) is 52.7 Å². The number of hydrogen-bond acceptors (Lipinski definition) is 6. The summed E-state index contributed by atoms with van der Waals surface area (Å²) in [6.45, 7) is 4.25. The number of piperidine rings is 3. The topological polar surface area (TPSA) is 62.6 Å². The van der Waals surface area contributed by atoms with E-state index in [9.17, 15) is 0 Å². The van der Waals surface area contributed by atoms with Crippen LogP contribution in [0.4, 0.5) is 5.95 Å². The number of anilines is 1. The van der Waals surface area contributed by atoms with Crippen molar-refractivity contribution in [3.8, 4) is 0 Å². The first-order valence-corrected chi connectivity index (χ1v) is 8.75. The Morgan fingerprint density at radius 1 is 1.21 bits per heavy atom. The Labute approximate surface area is 141 Å². The lowest BCUT2D eigenvalue weighted by molar-refractivity contribution is -0.109. The number of ether oxygens (including phenoxy) is 1. The second-order valence-electron chi connectivity index (χ2n) is 7.03. The van der Waals surface area contributed by atoms with E-state index in [1.54, 1.807) is 0 Å². The highest BCUT2D eigenvalue weighted by Gasteiger charge is 2.50. The van der Waals surface area contributed by atoms with Crippen LogP contribution in [-0.2, 0) is 4.74 Å². The van der Waals surface area contributed by atoms with Crippen molar-refractivity contribution in [3.63, 3.8) is 0 Å². The predicted molar refractivity (Wildman–Crippen MR) is 93.1 cm³/mol. The molecule has 4 aliphatic heterocycles. The smallest absolute Gasteiger partial charge is 0.292 e. The van der Waals surface area contributed by atoms with Crippen molar-refractivity contribution in [1.82, 2.24) is 14.9 Å². The Kier molecular flexibility index (Phi) is 3.19. The minimum atomic E-state index is -0.0720. The summed E-state index contributed by atoms with van der Waals surface area (Å²) in [7, 11) is 0. The summed E-state index contributed by atoms with van der Waals surface area (Å²) in [5.41, 5.74) is 0.848. The van der Waals surface area contributed by atoms with Gasteiger partial charge in [0.15, 0.2) is 0 Å². The van der Waals surface area contributed by atoms with E-state index in [1.807, 2.05) is 30.5 Å². The summed E-state index contributed by atoms with van der Waals surface area (Å²) in [5.74, 6) is 1.19. The third-order valence-corrected chi connectivity index (χ3v) is 5.62. The van der Waals surface area contributed by atoms with Crippen LogP contribution in [0.3, 0.4) is 0 Å². The van der Waals surface area contributed by atoms with E-state index in [1.165, 1.54) is 25.9 Å². The maximum Gasteiger partial charge on any atom is 0.292 e. The van der Waals surface area contributed by atoms with Crippen LogP contribution in [0.5, 0.6) is 0 Å². The van der Waals surface area contributed by atoms with Gasteiger partial charge in [-0.25, -0.2) is 15.0 Å². The third kappa shape index (κ3) is 2.33. The first kappa shape index (κ1) is 14.2. The van der Waals surface area contributed by atoms with E-state index in [2.05, 4.69) is 25.2 Å². The maximum atomic E-state index is 6.38. The van der Waals surface area contributed by atoms with Crippen molar-refractivity contribution in [3.05, 3.63) is 30.5 Å². The molecule has 0 saturated carbocycles. The number of hydrogen-bond donors (Lipinski definition) is 1. The number of aromatic nitrogens is 2. The van der Waals surface area contributed by atoms with E-state index in [0.29, 0.717) is 17.9 Å². The number of aliphatic imine (C=N–C) groups is 1. The predicted octanol–water partition coefficient (Wildman–Crippen LogP) is 2.28. The summed E-state index contributed by atoms with van der Waals surface area (Å²) in [6, 6.07) is 8.54. The molecular formula is C18H21N5O. The molecule has 1 atom stereocenters. The molecule has 2 bridgehead atoms. The van der Waals surface area contributed by atoms with Crippen LogP contribution in [0.1, 0.15) is 19.3 Å². The third-order valence-electron chi connectivity index (χ3n) is 5.62. The number of nitrogens with zero attached hydrogens (tertiary/aromatic N) is 4. The lowest BCUT2D eigenvalue weighted by Crippen LogP contribution is -2.62. The lowest BCUT2D eigenvalue weighted by Gasteiger charge is -2.53. The molecule has 3 saturated heterocycles. The molecule has 24 heavy (non-hydrogen) atoms.